The lowest BCUT2D eigenvalue weighted by Gasteiger charge is -2.51. The Balaban J connectivity index is 1.60. The third-order valence-electron chi connectivity index (χ3n) is 8.97. The summed E-state index contributed by atoms with van der Waals surface area (Å²) in [7, 11) is 1.49. The van der Waals surface area contributed by atoms with Gasteiger partial charge in [-0.15, -0.1) is 0 Å². The first-order valence-electron chi connectivity index (χ1n) is 12.3. The molecule has 0 amide bonds. The lowest BCUT2D eigenvalue weighted by Crippen LogP contribution is -2.43. The summed E-state index contributed by atoms with van der Waals surface area (Å²) in [6.07, 6.45) is 15.9. The summed E-state index contributed by atoms with van der Waals surface area (Å²) in [6.45, 7) is 7.12. The molecule has 2 saturated carbocycles. The van der Waals surface area contributed by atoms with Gasteiger partial charge < -0.3 is 9.84 Å². The molecule has 166 valence electrons. The van der Waals surface area contributed by atoms with Crippen molar-refractivity contribution in [1.82, 2.24) is 0 Å². The normalized spacial score (nSPS) is 36.0. The Morgan fingerprint density at radius 1 is 1.31 bits per heavy atom. The van der Waals surface area contributed by atoms with Gasteiger partial charge in [-0.05, 0) is 92.8 Å². The smallest absolute Gasteiger partial charge is 0.305 e. The molecule has 3 heteroatoms. The number of unbranched alkanes of at least 4 members (excludes halogenated alkanes) is 1. The zero-order valence-electron chi connectivity index (χ0n) is 19.3. The second-order valence-electron chi connectivity index (χ2n) is 10.7. The molecule has 0 aromatic carbocycles. The molecule has 0 heterocycles. The maximum Gasteiger partial charge on any atom is 0.305 e. The van der Waals surface area contributed by atoms with E-state index in [1.807, 2.05) is 0 Å². The zero-order valence-corrected chi connectivity index (χ0v) is 19.3. The molecule has 2 fully saturated rings. The maximum atomic E-state index is 11.6. The Morgan fingerprint density at radius 3 is 2.83 bits per heavy atom. The second-order valence-corrected chi connectivity index (χ2v) is 10.7. The van der Waals surface area contributed by atoms with Gasteiger partial charge in [0.1, 0.15) is 0 Å². The van der Waals surface area contributed by atoms with Gasteiger partial charge in [-0.25, -0.2) is 0 Å². The quantitative estimate of drug-likeness (QED) is 0.362. The van der Waals surface area contributed by atoms with Crippen LogP contribution in [-0.2, 0) is 9.53 Å². The lowest BCUT2D eigenvalue weighted by atomic mass is 9.54. The Kier molecular flexibility index (Phi) is 7.87. The number of ether oxygens (including phenoxy) is 1. The van der Waals surface area contributed by atoms with Gasteiger partial charge in [0.2, 0.25) is 0 Å². The van der Waals surface area contributed by atoms with Crippen LogP contribution in [0.2, 0.25) is 0 Å². The van der Waals surface area contributed by atoms with Crippen molar-refractivity contribution in [3.05, 3.63) is 11.6 Å². The van der Waals surface area contributed by atoms with Crippen molar-refractivity contribution in [1.29, 1.82) is 0 Å². The van der Waals surface area contributed by atoms with E-state index in [2.05, 4.69) is 26.8 Å². The summed E-state index contributed by atoms with van der Waals surface area (Å²) in [4.78, 5) is 11.6. The third kappa shape index (κ3) is 5.09. The van der Waals surface area contributed by atoms with Crippen molar-refractivity contribution in [3.63, 3.8) is 0 Å². The number of hydrogen-bond donors (Lipinski definition) is 1. The first kappa shape index (κ1) is 22.8. The molecule has 0 spiro atoms. The molecule has 3 rings (SSSR count). The van der Waals surface area contributed by atoms with Crippen LogP contribution in [0.4, 0.5) is 0 Å². The molecule has 0 bridgehead atoms. The van der Waals surface area contributed by atoms with Crippen LogP contribution >= 0.6 is 0 Å². The SMILES string of the molecule is CCCC[C@H](O)CC1=CC[C@@H]2[C@H](CC[C@]3(C)[C@@H]([C@H](C)CCC(=O)OC)CC[C@@H]23)C1. The lowest BCUT2D eigenvalue weighted by molar-refractivity contribution is -0.141. The Hall–Kier alpha value is -0.830. The fourth-order valence-electron chi connectivity index (χ4n) is 7.33. The first-order chi connectivity index (χ1) is 13.9. The number of carbonyl (C=O) groups excluding carboxylic acids is 1. The van der Waals surface area contributed by atoms with Crippen molar-refractivity contribution in [2.75, 3.05) is 7.11 Å². The van der Waals surface area contributed by atoms with Gasteiger partial charge in [0.25, 0.3) is 0 Å². The molecule has 0 aromatic rings. The Morgan fingerprint density at radius 2 is 2.10 bits per heavy atom. The van der Waals surface area contributed by atoms with Gasteiger partial charge in [0.15, 0.2) is 0 Å². The molecular weight excluding hydrogens is 360 g/mol. The highest BCUT2D eigenvalue weighted by Crippen LogP contribution is 2.63. The van der Waals surface area contributed by atoms with Crippen molar-refractivity contribution < 1.29 is 14.6 Å². The van der Waals surface area contributed by atoms with E-state index in [1.54, 1.807) is 0 Å². The topological polar surface area (TPSA) is 46.5 Å². The largest absolute Gasteiger partial charge is 0.469 e. The van der Waals surface area contributed by atoms with Crippen LogP contribution in [-0.4, -0.2) is 24.3 Å². The molecule has 3 aliphatic rings. The summed E-state index contributed by atoms with van der Waals surface area (Å²) in [5, 5.41) is 10.3. The van der Waals surface area contributed by atoms with E-state index in [0.29, 0.717) is 17.8 Å². The highest BCUT2D eigenvalue weighted by atomic mass is 16.5. The van der Waals surface area contributed by atoms with E-state index in [4.69, 9.17) is 4.74 Å². The highest BCUT2D eigenvalue weighted by Gasteiger charge is 2.54. The zero-order chi connectivity index (χ0) is 21.0. The fraction of sp³-hybridized carbons (Fsp3) is 0.885. The third-order valence-corrected chi connectivity index (χ3v) is 8.97. The van der Waals surface area contributed by atoms with Gasteiger partial charge >= 0.3 is 5.97 Å². The van der Waals surface area contributed by atoms with E-state index in [1.165, 1.54) is 57.6 Å². The molecule has 1 N–H and O–H groups in total. The summed E-state index contributed by atoms with van der Waals surface area (Å²) in [6, 6.07) is 0. The van der Waals surface area contributed by atoms with Crippen molar-refractivity contribution in [2.24, 2.45) is 35.0 Å². The summed E-state index contributed by atoms with van der Waals surface area (Å²) in [5.74, 6) is 3.79. The van der Waals surface area contributed by atoms with E-state index >= 15 is 0 Å². The van der Waals surface area contributed by atoms with Gasteiger partial charge in [0.05, 0.1) is 13.2 Å². The monoisotopic (exact) mass is 404 g/mol. The molecule has 7 atom stereocenters. The molecule has 0 aromatic heterocycles. The second kappa shape index (κ2) is 9.98. The number of aliphatic hydroxyl groups is 1. The van der Waals surface area contributed by atoms with Crippen LogP contribution in [0.1, 0.15) is 97.8 Å². The van der Waals surface area contributed by atoms with E-state index in [-0.39, 0.29) is 12.1 Å². The molecule has 3 nitrogen and oxygen atoms in total. The average Bonchev–Trinajstić information content (AvgIpc) is 3.07. The van der Waals surface area contributed by atoms with E-state index in [9.17, 15) is 9.90 Å². The molecule has 29 heavy (non-hydrogen) atoms. The van der Waals surface area contributed by atoms with Crippen LogP contribution in [0.25, 0.3) is 0 Å². The molecular formula is C26H44O3. The number of carbonyl (C=O) groups is 1. The van der Waals surface area contributed by atoms with Crippen LogP contribution in [0.3, 0.4) is 0 Å². The number of hydrogen-bond acceptors (Lipinski definition) is 3. The number of rotatable bonds is 9. The predicted molar refractivity (Wildman–Crippen MR) is 118 cm³/mol. The van der Waals surface area contributed by atoms with Crippen molar-refractivity contribution in [2.45, 2.75) is 104 Å². The van der Waals surface area contributed by atoms with Gasteiger partial charge in [-0.3, -0.25) is 4.79 Å². The number of esters is 1. The summed E-state index contributed by atoms with van der Waals surface area (Å²) in [5.41, 5.74) is 1.97. The van der Waals surface area contributed by atoms with Gasteiger partial charge in [-0.1, -0.05) is 45.3 Å². The molecule has 0 unspecified atom stereocenters. The predicted octanol–water partition coefficient (Wildman–Crippen LogP) is 6.30. The fourth-order valence-corrected chi connectivity index (χ4v) is 7.33. The van der Waals surface area contributed by atoms with Crippen LogP contribution in [0.5, 0.6) is 0 Å². The average molecular weight is 405 g/mol. The minimum Gasteiger partial charge on any atom is -0.469 e. The van der Waals surface area contributed by atoms with Crippen LogP contribution in [0, 0.1) is 35.0 Å². The first-order valence-corrected chi connectivity index (χ1v) is 12.3. The van der Waals surface area contributed by atoms with Crippen LogP contribution in [0.15, 0.2) is 11.6 Å². The van der Waals surface area contributed by atoms with E-state index < -0.39 is 0 Å². The van der Waals surface area contributed by atoms with Gasteiger partial charge in [0, 0.05) is 6.42 Å². The number of fused-ring (bicyclic) bond motifs is 3. The van der Waals surface area contributed by atoms with Crippen LogP contribution < -0.4 is 0 Å². The molecule has 0 saturated heterocycles. The van der Waals surface area contributed by atoms with Crippen molar-refractivity contribution >= 4 is 5.97 Å². The van der Waals surface area contributed by atoms with Gasteiger partial charge in [-0.2, -0.15) is 0 Å². The molecule has 0 aliphatic heterocycles. The van der Waals surface area contributed by atoms with Crippen molar-refractivity contribution in [3.8, 4) is 0 Å². The highest BCUT2D eigenvalue weighted by molar-refractivity contribution is 5.69. The number of aliphatic hydroxyl groups excluding tert-OH is 1. The Bertz CT molecular complexity index is 583. The number of allylic oxidation sites excluding steroid dienone is 1. The summed E-state index contributed by atoms with van der Waals surface area (Å²) < 4.78 is 4.86. The standard InChI is InChI=1S/C26H44O3/c1-5-6-7-21(27)17-19-9-10-22-20(16-19)14-15-26(3)23(11-12-24(22)26)18(2)8-13-25(28)29-4/h9,18,20-24,27H,5-8,10-17H2,1-4H3/t18-,20-,21+,22-,23-,24+,26-/m1/s1. The Labute approximate surface area is 178 Å². The molecule has 3 aliphatic carbocycles. The maximum absolute atomic E-state index is 11.6. The molecule has 0 radical (unpaired) electrons. The summed E-state index contributed by atoms with van der Waals surface area (Å²) >= 11 is 0. The van der Waals surface area contributed by atoms with E-state index in [0.717, 1.165) is 49.4 Å². The number of methoxy groups -OCH3 is 1. The minimum absolute atomic E-state index is 0.0636. The minimum atomic E-state index is -0.141.